The summed E-state index contributed by atoms with van der Waals surface area (Å²) in [6.45, 7) is 9.14. The minimum atomic E-state index is 0.241. The van der Waals surface area contributed by atoms with Crippen LogP contribution < -0.4 is 11.1 Å². The highest BCUT2D eigenvalue weighted by atomic mass is 32.1. The maximum absolute atomic E-state index is 5.89. The molecule has 1 saturated carbocycles. The van der Waals surface area contributed by atoms with Gasteiger partial charge in [-0.1, -0.05) is 58.1 Å². The van der Waals surface area contributed by atoms with Gasteiger partial charge in [0, 0.05) is 17.6 Å². The molecule has 3 rings (SSSR count). The molecule has 1 aliphatic carbocycles. The number of anilines is 1. The molecule has 3 N–H and O–H groups in total. The zero-order valence-electron chi connectivity index (χ0n) is 12.9. The quantitative estimate of drug-likeness (QED) is 0.848. The van der Waals surface area contributed by atoms with Crippen molar-refractivity contribution in [2.24, 2.45) is 16.6 Å². The minimum Gasteiger partial charge on any atom is -0.389 e. The van der Waals surface area contributed by atoms with E-state index in [4.69, 9.17) is 18.0 Å². The van der Waals surface area contributed by atoms with E-state index in [1.165, 1.54) is 0 Å². The van der Waals surface area contributed by atoms with Crippen LogP contribution in [0.1, 0.15) is 33.3 Å². The molecular formula is C17H21N3S. The number of hydrogen-bond donors (Lipinski definition) is 2. The first kappa shape index (κ1) is 14.3. The van der Waals surface area contributed by atoms with E-state index in [9.17, 15) is 0 Å². The lowest BCUT2D eigenvalue weighted by Gasteiger charge is -2.15. The number of nitrogens with two attached hydrogens (primary N) is 1. The van der Waals surface area contributed by atoms with Gasteiger partial charge in [0.1, 0.15) is 4.99 Å². The van der Waals surface area contributed by atoms with Crippen LogP contribution in [-0.4, -0.2) is 16.0 Å². The first-order valence-electron chi connectivity index (χ1n) is 7.21. The standard InChI is InChI=1S/C17H21N3S/c1-16(2)15(17(16,3)4)20-13-10-7-5-6-8-12(10)19-9-11(13)14(18)21/h5-9,15H,1-4H3,(H2,18,21)(H,19,20). The van der Waals surface area contributed by atoms with Crippen LogP contribution in [0.25, 0.3) is 10.9 Å². The highest BCUT2D eigenvalue weighted by molar-refractivity contribution is 7.80. The Hall–Kier alpha value is -1.68. The molecule has 110 valence electrons. The third-order valence-electron chi connectivity index (χ3n) is 5.35. The molecule has 21 heavy (non-hydrogen) atoms. The maximum atomic E-state index is 5.89. The lowest BCUT2D eigenvalue weighted by Crippen LogP contribution is -2.17. The second kappa shape index (κ2) is 4.41. The molecule has 0 unspecified atom stereocenters. The molecule has 1 heterocycles. The minimum absolute atomic E-state index is 0.241. The zero-order valence-corrected chi connectivity index (χ0v) is 13.7. The highest BCUT2D eigenvalue weighted by Gasteiger charge is 2.65. The van der Waals surface area contributed by atoms with Gasteiger partial charge in [-0.3, -0.25) is 4.98 Å². The lowest BCUT2D eigenvalue weighted by atomic mass is 10.0. The average molecular weight is 299 g/mol. The predicted octanol–water partition coefficient (Wildman–Crippen LogP) is 3.72. The van der Waals surface area contributed by atoms with Gasteiger partial charge < -0.3 is 11.1 Å². The summed E-state index contributed by atoms with van der Waals surface area (Å²) >= 11 is 5.20. The fraction of sp³-hybridized carbons (Fsp3) is 0.412. The first-order valence-corrected chi connectivity index (χ1v) is 7.61. The van der Waals surface area contributed by atoms with Crippen LogP contribution in [0.5, 0.6) is 0 Å². The number of nitrogens with one attached hydrogen (secondary N) is 1. The van der Waals surface area contributed by atoms with Crippen molar-refractivity contribution >= 4 is 33.8 Å². The molecule has 1 aliphatic rings. The Bertz CT molecular complexity index is 720. The molecule has 0 radical (unpaired) electrons. The van der Waals surface area contributed by atoms with Gasteiger partial charge in [0.25, 0.3) is 0 Å². The second-order valence-electron chi connectivity index (χ2n) is 6.95. The van der Waals surface area contributed by atoms with Gasteiger partial charge in [-0.25, -0.2) is 0 Å². The molecule has 0 aliphatic heterocycles. The molecule has 0 spiro atoms. The van der Waals surface area contributed by atoms with Gasteiger partial charge in [0.2, 0.25) is 0 Å². The van der Waals surface area contributed by atoms with Crippen LogP contribution in [0.4, 0.5) is 5.69 Å². The lowest BCUT2D eigenvalue weighted by molar-refractivity contribution is 0.457. The number of pyridine rings is 1. The molecule has 1 fully saturated rings. The fourth-order valence-corrected chi connectivity index (χ4v) is 3.34. The zero-order chi connectivity index (χ0) is 15.4. The van der Waals surface area contributed by atoms with Crippen molar-refractivity contribution < 1.29 is 0 Å². The Kier molecular flexibility index (Phi) is 2.99. The molecule has 2 aromatic rings. The van der Waals surface area contributed by atoms with Crippen LogP contribution in [0.15, 0.2) is 30.5 Å². The van der Waals surface area contributed by atoms with Crippen molar-refractivity contribution in [1.82, 2.24) is 4.98 Å². The predicted molar refractivity (Wildman–Crippen MR) is 92.6 cm³/mol. The van der Waals surface area contributed by atoms with E-state index < -0.39 is 0 Å². The van der Waals surface area contributed by atoms with E-state index in [-0.39, 0.29) is 10.8 Å². The molecule has 0 saturated heterocycles. The van der Waals surface area contributed by atoms with Gasteiger partial charge in [0.15, 0.2) is 0 Å². The van der Waals surface area contributed by atoms with Gasteiger partial charge in [-0.05, 0) is 16.9 Å². The third kappa shape index (κ3) is 2.01. The molecule has 0 atom stereocenters. The summed E-state index contributed by atoms with van der Waals surface area (Å²) in [5.74, 6) is 0. The van der Waals surface area contributed by atoms with Gasteiger partial charge in [0.05, 0.1) is 16.8 Å². The number of thiocarbonyl (C=S) groups is 1. The van der Waals surface area contributed by atoms with Crippen LogP contribution in [0.2, 0.25) is 0 Å². The van der Waals surface area contributed by atoms with E-state index in [1.807, 2.05) is 18.2 Å². The number of para-hydroxylation sites is 1. The number of benzene rings is 1. The van der Waals surface area contributed by atoms with Crippen molar-refractivity contribution in [1.29, 1.82) is 0 Å². The highest BCUT2D eigenvalue weighted by Crippen LogP contribution is 2.64. The van der Waals surface area contributed by atoms with Crippen LogP contribution >= 0.6 is 12.2 Å². The van der Waals surface area contributed by atoms with Gasteiger partial charge in [-0.2, -0.15) is 0 Å². The van der Waals surface area contributed by atoms with Crippen molar-refractivity contribution in [3.8, 4) is 0 Å². The van der Waals surface area contributed by atoms with E-state index in [0.29, 0.717) is 11.0 Å². The van der Waals surface area contributed by atoms with Crippen LogP contribution in [0.3, 0.4) is 0 Å². The summed E-state index contributed by atoms with van der Waals surface area (Å²) < 4.78 is 0. The Morgan fingerprint density at radius 1 is 1.19 bits per heavy atom. The smallest absolute Gasteiger partial charge is 0.107 e. The molecule has 0 bridgehead atoms. The summed E-state index contributed by atoms with van der Waals surface area (Å²) in [5, 5.41) is 4.75. The Labute approximate surface area is 130 Å². The van der Waals surface area contributed by atoms with Gasteiger partial charge >= 0.3 is 0 Å². The molecule has 0 amide bonds. The topological polar surface area (TPSA) is 50.9 Å². The van der Waals surface area contributed by atoms with E-state index in [0.717, 1.165) is 22.2 Å². The van der Waals surface area contributed by atoms with Gasteiger partial charge in [-0.15, -0.1) is 0 Å². The van der Waals surface area contributed by atoms with E-state index in [1.54, 1.807) is 6.20 Å². The largest absolute Gasteiger partial charge is 0.389 e. The number of nitrogens with zero attached hydrogens (tertiary/aromatic N) is 1. The monoisotopic (exact) mass is 299 g/mol. The summed E-state index contributed by atoms with van der Waals surface area (Å²) in [5.41, 5.74) is 9.16. The summed E-state index contributed by atoms with van der Waals surface area (Å²) in [7, 11) is 0. The molecule has 4 heteroatoms. The van der Waals surface area contributed by atoms with Crippen molar-refractivity contribution in [3.63, 3.8) is 0 Å². The Morgan fingerprint density at radius 3 is 2.38 bits per heavy atom. The molecule has 1 aromatic carbocycles. The third-order valence-corrected chi connectivity index (χ3v) is 5.57. The Morgan fingerprint density at radius 2 is 1.81 bits per heavy atom. The molecular weight excluding hydrogens is 278 g/mol. The number of rotatable bonds is 3. The SMILES string of the molecule is CC1(C)C(Nc2c(C(N)=S)cnc3ccccc23)C1(C)C. The fourth-order valence-electron chi connectivity index (χ4n) is 3.19. The van der Waals surface area contributed by atoms with Crippen molar-refractivity contribution in [2.75, 3.05) is 5.32 Å². The number of hydrogen-bond acceptors (Lipinski definition) is 3. The number of fused-ring (bicyclic) bond motifs is 1. The Balaban J connectivity index is 2.12. The van der Waals surface area contributed by atoms with Crippen molar-refractivity contribution in [2.45, 2.75) is 33.7 Å². The second-order valence-corrected chi connectivity index (χ2v) is 7.39. The van der Waals surface area contributed by atoms with E-state index in [2.05, 4.69) is 44.1 Å². The van der Waals surface area contributed by atoms with Crippen molar-refractivity contribution in [3.05, 3.63) is 36.0 Å². The normalized spacial score (nSPS) is 19.4. The van der Waals surface area contributed by atoms with Crippen LogP contribution in [-0.2, 0) is 0 Å². The number of aromatic nitrogens is 1. The molecule has 1 aromatic heterocycles. The van der Waals surface area contributed by atoms with Crippen LogP contribution in [0, 0.1) is 10.8 Å². The van der Waals surface area contributed by atoms with E-state index >= 15 is 0 Å². The summed E-state index contributed by atoms with van der Waals surface area (Å²) in [4.78, 5) is 4.84. The molecule has 3 nitrogen and oxygen atoms in total. The maximum Gasteiger partial charge on any atom is 0.107 e. The first-order chi connectivity index (χ1) is 9.76. The summed E-state index contributed by atoms with van der Waals surface area (Å²) in [6.07, 6.45) is 1.77. The average Bonchev–Trinajstić information content (AvgIpc) is 2.81. The summed E-state index contributed by atoms with van der Waals surface area (Å²) in [6, 6.07) is 8.47.